The molecule has 9 nitrogen and oxygen atoms in total. The molecule has 0 fully saturated rings. The van der Waals surface area contributed by atoms with Gasteiger partial charge in [-0.1, -0.05) is 6.07 Å². The van der Waals surface area contributed by atoms with Gasteiger partial charge in [0.25, 0.3) is 5.91 Å². The molecule has 0 atom stereocenters. The Morgan fingerprint density at radius 3 is 2.71 bits per heavy atom. The maximum absolute atomic E-state index is 12.4. The van der Waals surface area contributed by atoms with Crippen molar-refractivity contribution in [1.82, 2.24) is 30.3 Å². The van der Waals surface area contributed by atoms with Crippen molar-refractivity contribution in [2.45, 2.75) is 26.6 Å². The number of carbonyl (C=O) groups excluding carboxylic acids is 1. The van der Waals surface area contributed by atoms with Gasteiger partial charge in [-0.15, -0.1) is 5.10 Å². The lowest BCUT2D eigenvalue weighted by Gasteiger charge is -2.10. The number of methoxy groups -OCH3 is 1. The molecule has 1 amide bonds. The Morgan fingerprint density at radius 1 is 1.20 bits per heavy atom. The van der Waals surface area contributed by atoms with Crippen molar-refractivity contribution >= 4 is 28.4 Å². The molecule has 0 aliphatic heterocycles. The Kier molecular flexibility index (Phi) is 6.74. The topological polar surface area (TPSA) is 110 Å². The lowest BCUT2D eigenvalue weighted by molar-refractivity contribution is -0.123. The van der Waals surface area contributed by atoms with Gasteiger partial charge in [-0.3, -0.25) is 9.89 Å². The molecule has 4 aromatic rings. The first-order valence-corrected chi connectivity index (χ1v) is 10.8. The fourth-order valence-corrected chi connectivity index (χ4v) is 3.64. The number of fused-ring (bicyclic) bond motifs is 1. The van der Waals surface area contributed by atoms with E-state index in [1.165, 1.54) is 6.07 Å². The number of alkyl halides is 3. The average molecular weight is 487 g/mol. The van der Waals surface area contributed by atoms with E-state index in [2.05, 4.69) is 25.6 Å². The minimum absolute atomic E-state index is 0.152. The minimum atomic E-state index is -4.48. The van der Waals surface area contributed by atoms with Gasteiger partial charge < -0.3 is 15.4 Å². The van der Waals surface area contributed by atoms with Crippen LogP contribution in [0, 0.1) is 13.8 Å². The molecule has 2 aromatic heterocycles. The van der Waals surface area contributed by atoms with E-state index in [4.69, 9.17) is 4.74 Å². The van der Waals surface area contributed by atoms with Gasteiger partial charge in [0.1, 0.15) is 6.54 Å². The van der Waals surface area contributed by atoms with Crippen LogP contribution in [0.15, 0.2) is 36.5 Å². The largest absolute Gasteiger partial charge is 0.405 e. The lowest BCUT2D eigenvalue weighted by atomic mass is 10.0. The van der Waals surface area contributed by atoms with Crippen LogP contribution in [0.2, 0.25) is 0 Å². The molecular formula is C23H24F3N7O2. The van der Waals surface area contributed by atoms with Crippen molar-refractivity contribution in [2.24, 2.45) is 0 Å². The number of nitrogens with one attached hydrogen (secondary N) is 3. The molecule has 0 spiro atoms. The highest BCUT2D eigenvalue weighted by atomic mass is 19.4. The van der Waals surface area contributed by atoms with Gasteiger partial charge in [-0.25, -0.2) is 4.68 Å². The van der Waals surface area contributed by atoms with Crippen LogP contribution in [-0.4, -0.2) is 57.3 Å². The number of hydrogen-bond acceptors (Lipinski definition) is 6. The highest BCUT2D eigenvalue weighted by Crippen LogP contribution is 2.28. The third kappa shape index (κ3) is 5.43. The molecular weight excluding hydrogens is 463 g/mol. The summed E-state index contributed by atoms with van der Waals surface area (Å²) in [5, 5.41) is 17.8. The Morgan fingerprint density at radius 2 is 2.00 bits per heavy atom. The summed E-state index contributed by atoms with van der Waals surface area (Å²) in [6.07, 6.45) is -2.72. The van der Waals surface area contributed by atoms with Crippen LogP contribution in [-0.2, 0) is 11.3 Å². The Labute approximate surface area is 198 Å². The second-order valence-electron chi connectivity index (χ2n) is 8.00. The van der Waals surface area contributed by atoms with Crippen LogP contribution in [0.3, 0.4) is 0 Å². The monoisotopic (exact) mass is 487 g/mol. The third-order valence-electron chi connectivity index (χ3n) is 5.50. The number of aromatic amines is 1. The van der Waals surface area contributed by atoms with Crippen molar-refractivity contribution < 1.29 is 22.7 Å². The number of nitrogens with zero attached hydrogens (tertiary/aromatic N) is 4. The Balaban J connectivity index is 1.62. The molecule has 0 aliphatic rings. The molecule has 2 heterocycles. The molecule has 35 heavy (non-hydrogen) atoms. The molecule has 2 aromatic carbocycles. The molecule has 184 valence electrons. The van der Waals surface area contributed by atoms with Crippen molar-refractivity contribution in [3.8, 4) is 11.4 Å². The predicted octanol–water partition coefficient (Wildman–Crippen LogP) is 4.12. The van der Waals surface area contributed by atoms with Gasteiger partial charge in [0.05, 0.1) is 24.9 Å². The third-order valence-corrected chi connectivity index (χ3v) is 5.50. The molecule has 12 heteroatoms. The number of rotatable bonds is 8. The molecule has 4 rings (SSSR count). The summed E-state index contributed by atoms with van der Waals surface area (Å²) in [4.78, 5) is 16.8. The summed E-state index contributed by atoms with van der Waals surface area (Å²) in [6.45, 7) is 3.08. The van der Waals surface area contributed by atoms with Crippen LogP contribution in [0.1, 0.15) is 21.5 Å². The maximum Gasteiger partial charge on any atom is 0.405 e. The zero-order chi connectivity index (χ0) is 25.2. The van der Waals surface area contributed by atoms with E-state index >= 15 is 0 Å². The van der Waals surface area contributed by atoms with E-state index < -0.39 is 18.6 Å². The first-order valence-electron chi connectivity index (χ1n) is 10.8. The fourth-order valence-electron chi connectivity index (χ4n) is 3.64. The van der Waals surface area contributed by atoms with Gasteiger partial charge in [-0.2, -0.15) is 23.3 Å². The first kappa shape index (κ1) is 24.2. The standard InChI is InChI=1S/C23H24F3N7O2/c1-13-10-15(4-5-16(13)21(34)27-12-23(24,25)26)20-30-22(33(32-20)8-9-35-3)29-18-6-7-19-17(14(18)2)11-28-31-19/h4-7,10-11H,8-9,12H2,1-3H3,(H,27,34)(H,28,31)(H,29,30,32). The van der Waals surface area contributed by atoms with E-state index in [-0.39, 0.29) is 5.56 Å². The summed E-state index contributed by atoms with van der Waals surface area (Å²) < 4.78 is 44.2. The summed E-state index contributed by atoms with van der Waals surface area (Å²) in [5.41, 5.74) is 4.03. The zero-order valence-corrected chi connectivity index (χ0v) is 19.3. The predicted molar refractivity (Wildman–Crippen MR) is 125 cm³/mol. The molecule has 0 aliphatic carbocycles. The second kappa shape index (κ2) is 9.74. The van der Waals surface area contributed by atoms with Gasteiger partial charge >= 0.3 is 6.18 Å². The SMILES string of the molecule is COCCn1nc(-c2ccc(C(=O)NCC(F)(F)F)c(C)c2)nc1Nc1ccc2[nH]ncc2c1C. The van der Waals surface area contributed by atoms with E-state index in [9.17, 15) is 18.0 Å². The number of halogens is 3. The van der Waals surface area contributed by atoms with Crippen LogP contribution in [0.25, 0.3) is 22.3 Å². The number of anilines is 2. The average Bonchev–Trinajstić information content (AvgIpc) is 3.45. The summed E-state index contributed by atoms with van der Waals surface area (Å²) >= 11 is 0. The molecule has 0 bridgehead atoms. The Bertz CT molecular complexity index is 1360. The van der Waals surface area contributed by atoms with Crippen molar-refractivity contribution in [1.29, 1.82) is 0 Å². The van der Waals surface area contributed by atoms with Crippen LogP contribution in [0.4, 0.5) is 24.8 Å². The van der Waals surface area contributed by atoms with Crippen molar-refractivity contribution in [3.63, 3.8) is 0 Å². The lowest BCUT2D eigenvalue weighted by Crippen LogP contribution is -2.34. The van der Waals surface area contributed by atoms with E-state index in [1.807, 2.05) is 24.4 Å². The summed E-state index contributed by atoms with van der Waals surface area (Å²) in [7, 11) is 1.59. The van der Waals surface area contributed by atoms with Crippen LogP contribution >= 0.6 is 0 Å². The normalized spacial score (nSPS) is 11.7. The quantitative estimate of drug-likeness (QED) is 0.345. The molecule has 0 unspecified atom stereocenters. The highest BCUT2D eigenvalue weighted by Gasteiger charge is 2.28. The molecule has 3 N–H and O–H groups in total. The van der Waals surface area contributed by atoms with Crippen LogP contribution < -0.4 is 10.6 Å². The highest BCUT2D eigenvalue weighted by molar-refractivity contribution is 5.96. The maximum atomic E-state index is 12.4. The van der Waals surface area contributed by atoms with Crippen LogP contribution in [0.5, 0.6) is 0 Å². The summed E-state index contributed by atoms with van der Waals surface area (Å²) in [5.74, 6) is 0.0982. The zero-order valence-electron chi connectivity index (χ0n) is 19.3. The number of hydrogen-bond donors (Lipinski definition) is 3. The van der Waals surface area contributed by atoms with Gasteiger partial charge in [-0.05, 0) is 49.2 Å². The smallest absolute Gasteiger partial charge is 0.383 e. The molecule has 0 saturated heterocycles. The van der Waals surface area contributed by atoms with E-state index in [1.54, 1.807) is 37.0 Å². The second-order valence-corrected chi connectivity index (χ2v) is 8.00. The van der Waals surface area contributed by atoms with E-state index in [0.717, 1.165) is 22.2 Å². The molecule has 0 saturated carbocycles. The fraction of sp³-hybridized carbons (Fsp3) is 0.304. The van der Waals surface area contributed by atoms with Gasteiger partial charge in [0, 0.05) is 29.3 Å². The Hall–Kier alpha value is -3.93. The number of benzene rings is 2. The van der Waals surface area contributed by atoms with Gasteiger partial charge in [0.2, 0.25) is 5.95 Å². The number of aryl methyl sites for hydroxylation is 2. The summed E-state index contributed by atoms with van der Waals surface area (Å²) in [6, 6.07) is 8.59. The molecule has 0 radical (unpaired) electrons. The number of aromatic nitrogens is 5. The minimum Gasteiger partial charge on any atom is -0.383 e. The number of amides is 1. The van der Waals surface area contributed by atoms with Crippen molar-refractivity contribution in [2.75, 3.05) is 25.6 Å². The van der Waals surface area contributed by atoms with Crippen molar-refractivity contribution in [3.05, 3.63) is 53.2 Å². The number of H-pyrrole nitrogens is 1. The van der Waals surface area contributed by atoms with Gasteiger partial charge in [0.15, 0.2) is 5.82 Å². The first-order chi connectivity index (χ1) is 16.7. The van der Waals surface area contributed by atoms with E-state index in [0.29, 0.717) is 36.1 Å². The number of carbonyl (C=O) groups is 1. The number of ether oxygens (including phenoxy) is 1.